The van der Waals surface area contributed by atoms with Crippen molar-refractivity contribution >= 4 is 29.1 Å². The Morgan fingerprint density at radius 2 is 1.71 bits per heavy atom. The third kappa shape index (κ3) is 7.11. The van der Waals surface area contributed by atoms with Gasteiger partial charge >= 0.3 is 12.1 Å². The quantitative estimate of drug-likeness (QED) is 0.390. The average Bonchev–Trinajstić information content (AvgIpc) is 3.09. The molecule has 9 heteroatoms. The van der Waals surface area contributed by atoms with E-state index >= 15 is 0 Å². The van der Waals surface area contributed by atoms with Crippen LogP contribution in [0.3, 0.4) is 0 Å². The molecule has 2 aromatic carbocycles. The molecule has 1 aliphatic heterocycles. The van der Waals surface area contributed by atoms with Crippen molar-refractivity contribution in [3.63, 3.8) is 0 Å². The maximum Gasteiger partial charge on any atom is 0.417 e. The molecular formula is C26H26ClF3N3O2-. The third-order valence-corrected chi connectivity index (χ3v) is 6.06. The molecule has 2 heterocycles. The maximum absolute atomic E-state index is 12.7. The number of anilines is 1. The minimum atomic E-state index is -4.52. The van der Waals surface area contributed by atoms with Crippen LogP contribution in [0, 0.1) is 6.92 Å². The molecule has 5 nitrogen and oxygen atoms in total. The van der Waals surface area contributed by atoms with Gasteiger partial charge < -0.3 is 15.7 Å². The van der Waals surface area contributed by atoms with Crippen LogP contribution < -0.4 is 4.90 Å². The molecule has 0 atom stereocenters. The van der Waals surface area contributed by atoms with Gasteiger partial charge in [-0.05, 0) is 66.8 Å². The van der Waals surface area contributed by atoms with Crippen molar-refractivity contribution < 1.29 is 23.1 Å². The number of hydrogen-bond acceptors (Lipinski definition) is 3. The van der Waals surface area contributed by atoms with Crippen molar-refractivity contribution in [2.45, 2.75) is 38.8 Å². The number of pyridine rings is 1. The van der Waals surface area contributed by atoms with Gasteiger partial charge in [0.25, 0.3) is 0 Å². The number of aromatic carboxylic acids is 1. The van der Waals surface area contributed by atoms with E-state index in [1.54, 1.807) is 19.2 Å². The van der Waals surface area contributed by atoms with Gasteiger partial charge in [0.15, 0.2) is 0 Å². The number of alkyl halides is 3. The van der Waals surface area contributed by atoms with Gasteiger partial charge in [0.05, 0.1) is 16.1 Å². The molecular weight excluding hydrogens is 479 g/mol. The Labute approximate surface area is 207 Å². The Morgan fingerprint density at radius 1 is 1.03 bits per heavy atom. The molecule has 3 aromatic rings. The second-order valence-electron chi connectivity index (χ2n) is 8.33. The second kappa shape index (κ2) is 11.4. The van der Waals surface area contributed by atoms with Gasteiger partial charge in [-0.15, -0.1) is 5.69 Å². The zero-order valence-corrected chi connectivity index (χ0v) is 20.0. The summed E-state index contributed by atoms with van der Waals surface area (Å²) >= 11 is 5.68. The van der Waals surface area contributed by atoms with Crippen LogP contribution in [0.4, 0.5) is 24.7 Å². The zero-order chi connectivity index (χ0) is 25.6. The third-order valence-electron chi connectivity index (χ3n) is 5.75. The molecule has 186 valence electrons. The van der Waals surface area contributed by atoms with Gasteiger partial charge in [0.2, 0.25) is 0 Å². The predicted octanol–water partition coefficient (Wildman–Crippen LogP) is 8.18. The largest absolute Gasteiger partial charge is 0.697 e. The molecule has 1 saturated heterocycles. The highest BCUT2D eigenvalue weighted by Crippen LogP contribution is 2.37. The van der Waals surface area contributed by atoms with E-state index in [0.717, 1.165) is 30.5 Å². The van der Waals surface area contributed by atoms with Crippen LogP contribution in [0.25, 0.3) is 16.9 Å². The lowest BCUT2D eigenvalue weighted by molar-refractivity contribution is -0.137. The Kier molecular flexibility index (Phi) is 8.62. The number of aromatic nitrogens is 1. The predicted molar refractivity (Wildman–Crippen MR) is 132 cm³/mol. The topological polar surface area (TPSA) is 77.2 Å². The Hall–Kier alpha value is -3.26. The Bertz CT molecular complexity index is 1160. The highest BCUT2D eigenvalue weighted by atomic mass is 35.5. The summed E-state index contributed by atoms with van der Waals surface area (Å²) in [5.74, 6) is -0.0721. The first kappa shape index (κ1) is 26.3. The number of hydrogen-bond donors (Lipinski definition) is 1. The summed E-state index contributed by atoms with van der Waals surface area (Å²) in [5.41, 5.74) is 8.72. The molecule has 0 radical (unpaired) electrons. The van der Waals surface area contributed by atoms with Crippen molar-refractivity contribution in [2.24, 2.45) is 0 Å². The lowest BCUT2D eigenvalue weighted by Gasteiger charge is -2.21. The van der Waals surface area contributed by atoms with E-state index in [1.807, 2.05) is 12.1 Å². The molecule has 0 amide bonds. The van der Waals surface area contributed by atoms with Crippen molar-refractivity contribution in [3.05, 3.63) is 82.2 Å². The minimum absolute atomic E-state index is 0.0617. The molecule has 0 aliphatic carbocycles. The maximum atomic E-state index is 12.7. The lowest BCUT2D eigenvalue weighted by Crippen LogP contribution is -2.24. The Morgan fingerprint density at radius 3 is 2.26 bits per heavy atom. The standard InChI is InChI=1S/C15H10ClF3O2.C11H16N3/c1-8-2-3-10(14(20)21)6-11(8)9-4-5-12(13(16)7-9)15(17,18)19;12-10-5-6-11(13-9-10)14-7-3-1-2-4-8-14/h2-7H,1H3,(H,20,21);5-6,9,12H,1-4,7-8H2/q;-1. The average molecular weight is 505 g/mol. The van der Waals surface area contributed by atoms with Crippen LogP contribution in [-0.2, 0) is 6.18 Å². The number of halogens is 4. The van der Waals surface area contributed by atoms with Crippen LogP contribution in [0.2, 0.25) is 5.02 Å². The molecule has 0 unspecified atom stereocenters. The summed E-state index contributed by atoms with van der Waals surface area (Å²) in [6.45, 7) is 3.97. The van der Waals surface area contributed by atoms with E-state index in [9.17, 15) is 18.0 Å². The minimum Gasteiger partial charge on any atom is -0.697 e. The fraction of sp³-hybridized carbons (Fsp3) is 0.308. The number of aryl methyl sites for hydroxylation is 1. The monoisotopic (exact) mass is 504 g/mol. The zero-order valence-electron chi connectivity index (χ0n) is 19.2. The number of rotatable bonds is 3. The molecule has 0 bridgehead atoms. The van der Waals surface area contributed by atoms with E-state index in [4.69, 9.17) is 22.4 Å². The van der Waals surface area contributed by atoms with Gasteiger partial charge in [-0.3, -0.25) is 0 Å². The van der Waals surface area contributed by atoms with Crippen molar-refractivity contribution in [1.29, 1.82) is 0 Å². The van der Waals surface area contributed by atoms with Crippen LogP contribution in [-0.4, -0.2) is 29.1 Å². The van der Waals surface area contributed by atoms with Crippen LogP contribution in [0.1, 0.15) is 47.2 Å². The normalized spacial score (nSPS) is 14.0. The van der Waals surface area contributed by atoms with Crippen molar-refractivity contribution in [3.8, 4) is 11.1 Å². The molecule has 0 spiro atoms. The van der Waals surface area contributed by atoms with Gasteiger partial charge in [0, 0.05) is 19.3 Å². The smallest absolute Gasteiger partial charge is 0.417 e. The summed E-state index contributed by atoms with van der Waals surface area (Å²) in [6, 6.07) is 11.6. The first-order valence-electron chi connectivity index (χ1n) is 11.2. The number of nitrogens with zero attached hydrogens (tertiary/aromatic N) is 2. The lowest BCUT2D eigenvalue weighted by atomic mass is 9.97. The summed E-state index contributed by atoms with van der Waals surface area (Å²) in [6.07, 6.45) is 2.32. The number of nitrogens with one attached hydrogen (secondary N) is 1. The highest BCUT2D eigenvalue weighted by molar-refractivity contribution is 6.31. The summed E-state index contributed by atoms with van der Waals surface area (Å²) in [5, 5.41) is 8.56. The van der Waals surface area contributed by atoms with E-state index in [2.05, 4.69) is 9.88 Å². The second-order valence-corrected chi connectivity index (χ2v) is 8.74. The fourth-order valence-electron chi connectivity index (χ4n) is 3.85. The van der Waals surface area contributed by atoms with Gasteiger partial charge in [-0.25, -0.2) is 9.78 Å². The molecule has 2 N–H and O–H groups in total. The summed E-state index contributed by atoms with van der Waals surface area (Å²) in [4.78, 5) is 17.6. The van der Waals surface area contributed by atoms with Gasteiger partial charge in [-0.2, -0.15) is 13.2 Å². The van der Waals surface area contributed by atoms with E-state index in [-0.39, 0.29) is 5.56 Å². The summed E-state index contributed by atoms with van der Waals surface area (Å²) < 4.78 is 38.0. The number of carboxylic acids is 1. The van der Waals surface area contributed by atoms with Crippen LogP contribution in [0.5, 0.6) is 0 Å². The Balaban J connectivity index is 0.000000211. The first-order chi connectivity index (χ1) is 16.6. The SMILES string of the molecule is Cc1ccc(C(=O)O)cc1-c1ccc(C(F)(F)F)c(Cl)c1.[NH-]c1ccc(N2CCCCCC2)nc1. The van der Waals surface area contributed by atoms with Crippen molar-refractivity contribution in [1.82, 2.24) is 4.98 Å². The van der Waals surface area contributed by atoms with Crippen molar-refractivity contribution in [2.75, 3.05) is 18.0 Å². The van der Waals surface area contributed by atoms with E-state index < -0.39 is 22.7 Å². The molecule has 1 fully saturated rings. The fourth-order valence-corrected chi connectivity index (χ4v) is 4.14. The van der Waals surface area contributed by atoms with Crippen LogP contribution >= 0.6 is 11.6 Å². The van der Waals surface area contributed by atoms with Crippen LogP contribution in [0.15, 0.2) is 54.7 Å². The van der Waals surface area contributed by atoms with Gasteiger partial charge in [0.1, 0.15) is 5.82 Å². The van der Waals surface area contributed by atoms with E-state index in [1.165, 1.54) is 49.9 Å². The molecule has 0 saturated carbocycles. The number of carboxylic acid groups (broad SMARTS) is 1. The molecule has 35 heavy (non-hydrogen) atoms. The molecule has 1 aromatic heterocycles. The summed E-state index contributed by atoms with van der Waals surface area (Å²) in [7, 11) is 0. The molecule has 4 rings (SSSR count). The molecule has 1 aliphatic rings. The number of carbonyl (C=O) groups is 1. The highest BCUT2D eigenvalue weighted by Gasteiger charge is 2.33. The van der Waals surface area contributed by atoms with Gasteiger partial charge in [-0.1, -0.05) is 42.6 Å². The first-order valence-corrected chi connectivity index (χ1v) is 11.6. The van der Waals surface area contributed by atoms with E-state index in [0.29, 0.717) is 16.8 Å². The number of benzene rings is 2.